The molecule has 0 atom stereocenters. The maximum Gasteiger partial charge on any atom is 0.346 e. The molecule has 8 nitrogen and oxygen atoms in total. The number of aromatic nitrogens is 5. The second-order valence-corrected chi connectivity index (χ2v) is 7.60. The molecule has 0 fully saturated rings. The summed E-state index contributed by atoms with van der Waals surface area (Å²) in [6.45, 7) is 13.0. The van der Waals surface area contributed by atoms with Crippen LogP contribution in [0.5, 0.6) is 0 Å². The van der Waals surface area contributed by atoms with Crippen molar-refractivity contribution in [2.45, 2.75) is 13.1 Å². The summed E-state index contributed by atoms with van der Waals surface area (Å²) >= 11 is 1.57. The van der Waals surface area contributed by atoms with Gasteiger partial charge in [0.05, 0.1) is 18.4 Å². The minimum Gasteiger partial charge on any atom is -0.357 e. The minimum absolute atomic E-state index is 0.191. The second kappa shape index (κ2) is 8.80. The molecule has 3 N–H and O–H groups in total. The summed E-state index contributed by atoms with van der Waals surface area (Å²) in [4.78, 5) is 22.9. The summed E-state index contributed by atoms with van der Waals surface area (Å²) in [5.74, 6) is 0.525. The van der Waals surface area contributed by atoms with Gasteiger partial charge in [-0.15, -0.1) is 11.3 Å². The lowest BCUT2D eigenvalue weighted by atomic mass is 10.2. The molecule has 0 aliphatic rings. The van der Waals surface area contributed by atoms with Gasteiger partial charge in [0, 0.05) is 34.8 Å². The molecule has 0 amide bonds. The van der Waals surface area contributed by atoms with Gasteiger partial charge < -0.3 is 11.1 Å². The van der Waals surface area contributed by atoms with E-state index in [0.717, 1.165) is 26.1 Å². The highest BCUT2D eigenvalue weighted by molar-refractivity contribution is 7.13. The Balaban J connectivity index is 1.77. The fourth-order valence-electron chi connectivity index (χ4n) is 2.59. The Kier molecular flexibility index (Phi) is 6.20. The molecule has 3 aromatic heterocycles. The molecule has 3 heterocycles. The Hall–Kier alpha value is -3.30. The number of rotatable bonds is 8. The predicted molar refractivity (Wildman–Crippen MR) is 118 cm³/mol. The number of anilines is 1. The number of nitrogens with one attached hydrogen (secondary N) is 1. The standard InChI is InChI=1S/C20H23N7OS/c1-13(8-21)10-27-20(28)26(12-24-27)11-17-5-6-18(29-17)14(2)7-16-9-23-19(22-4)25-15(16)3/h5-7,9,12H,1-3,8,10-11,21H2,4H3,(H,22,25)/b16-7-. The molecule has 0 bridgehead atoms. The summed E-state index contributed by atoms with van der Waals surface area (Å²) in [7, 11) is 1.76. The van der Waals surface area contributed by atoms with Crippen LogP contribution in [0.3, 0.4) is 0 Å². The van der Waals surface area contributed by atoms with Crippen molar-refractivity contribution in [1.29, 1.82) is 0 Å². The van der Waals surface area contributed by atoms with E-state index >= 15 is 0 Å². The average Bonchev–Trinajstić information content (AvgIpc) is 3.31. The van der Waals surface area contributed by atoms with Crippen LogP contribution in [0.15, 0.2) is 48.2 Å². The van der Waals surface area contributed by atoms with Crippen molar-refractivity contribution in [3.63, 3.8) is 0 Å². The zero-order chi connectivity index (χ0) is 21.0. The molecule has 3 rings (SSSR count). The molecule has 150 valence electrons. The smallest absolute Gasteiger partial charge is 0.346 e. The number of thiophene rings is 1. The number of nitrogens with two attached hydrogens (primary N) is 1. The van der Waals surface area contributed by atoms with Gasteiger partial charge in [0.2, 0.25) is 5.95 Å². The monoisotopic (exact) mass is 409 g/mol. The first-order chi connectivity index (χ1) is 13.9. The van der Waals surface area contributed by atoms with Crippen molar-refractivity contribution in [3.8, 4) is 0 Å². The summed E-state index contributed by atoms with van der Waals surface area (Å²) in [5, 5.41) is 8.44. The van der Waals surface area contributed by atoms with Crippen LogP contribution in [0.4, 0.5) is 5.95 Å². The zero-order valence-electron chi connectivity index (χ0n) is 16.3. The van der Waals surface area contributed by atoms with Gasteiger partial charge in [-0.05, 0) is 29.4 Å². The molecule has 0 radical (unpaired) electrons. The van der Waals surface area contributed by atoms with Gasteiger partial charge in [0.15, 0.2) is 0 Å². The van der Waals surface area contributed by atoms with Crippen LogP contribution in [-0.2, 0) is 13.1 Å². The van der Waals surface area contributed by atoms with Gasteiger partial charge in [0.1, 0.15) is 6.33 Å². The highest BCUT2D eigenvalue weighted by Crippen LogP contribution is 2.24. The van der Waals surface area contributed by atoms with Crippen LogP contribution in [0.25, 0.3) is 18.2 Å². The van der Waals surface area contributed by atoms with Gasteiger partial charge in [-0.25, -0.2) is 19.4 Å². The molecule has 0 unspecified atom stereocenters. The van der Waals surface area contributed by atoms with Gasteiger partial charge in [-0.1, -0.05) is 19.7 Å². The second-order valence-electron chi connectivity index (χ2n) is 6.43. The van der Waals surface area contributed by atoms with Crippen LogP contribution in [0.1, 0.15) is 9.75 Å². The van der Waals surface area contributed by atoms with E-state index in [1.54, 1.807) is 29.1 Å². The van der Waals surface area contributed by atoms with Crippen molar-refractivity contribution in [2.24, 2.45) is 5.73 Å². The summed E-state index contributed by atoms with van der Waals surface area (Å²) in [5.41, 5.74) is 6.92. The topological polar surface area (TPSA) is 104 Å². The van der Waals surface area contributed by atoms with Crippen LogP contribution in [-0.4, -0.2) is 37.9 Å². The molecule has 0 aliphatic carbocycles. The van der Waals surface area contributed by atoms with E-state index in [0.29, 0.717) is 30.9 Å². The quantitative estimate of drug-likeness (QED) is 0.522. The highest BCUT2D eigenvalue weighted by atomic mass is 32.1. The van der Waals surface area contributed by atoms with E-state index in [9.17, 15) is 4.79 Å². The molecule has 29 heavy (non-hydrogen) atoms. The van der Waals surface area contributed by atoms with E-state index < -0.39 is 0 Å². The summed E-state index contributed by atoms with van der Waals surface area (Å²) < 4.78 is 2.92. The Morgan fingerprint density at radius 1 is 1.38 bits per heavy atom. The molecule has 9 heteroatoms. The third kappa shape index (κ3) is 4.76. The molecule has 0 spiro atoms. The van der Waals surface area contributed by atoms with Crippen molar-refractivity contribution >= 4 is 35.5 Å². The first-order valence-electron chi connectivity index (χ1n) is 8.89. The van der Waals surface area contributed by atoms with E-state index in [2.05, 4.69) is 40.1 Å². The lowest BCUT2D eigenvalue weighted by Crippen LogP contribution is -2.28. The van der Waals surface area contributed by atoms with Crippen molar-refractivity contribution in [3.05, 3.63) is 74.2 Å². The maximum absolute atomic E-state index is 12.4. The highest BCUT2D eigenvalue weighted by Gasteiger charge is 2.09. The van der Waals surface area contributed by atoms with Gasteiger partial charge in [0.25, 0.3) is 0 Å². The minimum atomic E-state index is -0.191. The van der Waals surface area contributed by atoms with Gasteiger partial charge in [-0.2, -0.15) is 5.10 Å². The third-order valence-corrected chi connectivity index (χ3v) is 5.36. The molecule has 0 saturated carbocycles. The molecular weight excluding hydrogens is 386 g/mol. The Morgan fingerprint density at radius 2 is 2.17 bits per heavy atom. The fraction of sp³-hybridized carbons (Fsp3) is 0.200. The van der Waals surface area contributed by atoms with Crippen molar-refractivity contribution in [1.82, 2.24) is 24.3 Å². The van der Waals surface area contributed by atoms with E-state index in [1.807, 2.05) is 18.2 Å². The average molecular weight is 410 g/mol. The van der Waals surface area contributed by atoms with Crippen LogP contribution >= 0.6 is 11.3 Å². The number of allylic oxidation sites excluding steroid dienone is 1. The van der Waals surface area contributed by atoms with Crippen LogP contribution in [0, 0.1) is 0 Å². The first kappa shape index (κ1) is 20.4. The third-order valence-electron chi connectivity index (χ3n) is 4.22. The normalized spacial score (nSPS) is 11.6. The number of hydrogen-bond donors (Lipinski definition) is 2. The van der Waals surface area contributed by atoms with Crippen LogP contribution < -0.4 is 27.3 Å². The number of nitrogens with zero attached hydrogens (tertiary/aromatic N) is 5. The molecule has 3 aromatic rings. The molecular formula is C20H23N7OS. The Morgan fingerprint density at radius 3 is 2.86 bits per heavy atom. The zero-order valence-corrected chi connectivity index (χ0v) is 17.1. The SMILES string of the molecule is C=C(CN)Cn1ncn(Cc2ccc(C(=C)/C=c3/cnc(NC)nc3=C)s2)c1=O. The van der Waals surface area contributed by atoms with E-state index in [1.165, 1.54) is 11.0 Å². The molecule has 0 saturated heterocycles. The summed E-state index contributed by atoms with van der Waals surface area (Å²) in [6, 6.07) is 3.96. The summed E-state index contributed by atoms with van der Waals surface area (Å²) in [6.07, 6.45) is 5.15. The lowest BCUT2D eigenvalue weighted by Gasteiger charge is -2.01. The van der Waals surface area contributed by atoms with Crippen molar-refractivity contribution < 1.29 is 0 Å². The van der Waals surface area contributed by atoms with Gasteiger partial charge in [-0.3, -0.25) is 4.57 Å². The largest absolute Gasteiger partial charge is 0.357 e. The number of hydrogen-bond acceptors (Lipinski definition) is 7. The Labute approximate surface area is 172 Å². The predicted octanol–water partition coefficient (Wildman–Crippen LogP) is 0.405. The lowest BCUT2D eigenvalue weighted by molar-refractivity contribution is 0.626. The van der Waals surface area contributed by atoms with Crippen molar-refractivity contribution in [2.75, 3.05) is 18.9 Å². The van der Waals surface area contributed by atoms with Crippen LogP contribution in [0.2, 0.25) is 0 Å². The molecule has 0 aliphatic heterocycles. The maximum atomic E-state index is 12.4. The van der Waals surface area contributed by atoms with Gasteiger partial charge >= 0.3 is 5.69 Å². The van der Waals surface area contributed by atoms with E-state index in [4.69, 9.17) is 5.73 Å². The Bertz CT molecular complexity index is 1220. The first-order valence-corrected chi connectivity index (χ1v) is 9.71. The molecule has 0 aromatic carbocycles. The fourth-order valence-corrected chi connectivity index (χ4v) is 3.54. The van der Waals surface area contributed by atoms with E-state index in [-0.39, 0.29) is 5.69 Å².